The highest BCUT2D eigenvalue weighted by molar-refractivity contribution is 7.89. The predicted octanol–water partition coefficient (Wildman–Crippen LogP) is 4.16. The number of anilines is 1. The van der Waals surface area contributed by atoms with Crippen LogP contribution >= 0.6 is 0 Å². The average molecular weight is 512 g/mol. The molecule has 0 amide bonds. The van der Waals surface area contributed by atoms with Crippen LogP contribution in [0.3, 0.4) is 0 Å². The molecular weight excluding hydrogens is 478 g/mol. The lowest BCUT2D eigenvalue weighted by Crippen LogP contribution is -2.39. The molecule has 3 heterocycles. The minimum absolute atomic E-state index is 0.134. The second-order valence-corrected chi connectivity index (χ2v) is 11.5. The first kappa shape index (κ1) is 25.0. The first-order chi connectivity index (χ1) is 17.4. The highest BCUT2D eigenvalue weighted by Crippen LogP contribution is 2.35. The highest BCUT2D eigenvalue weighted by atomic mass is 32.2. The van der Waals surface area contributed by atoms with E-state index in [4.69, 9.17) is 14.0 Å². The zero-order chi connectivity index (χ0) is 25.1. The van der Waals surface area contributed by atoms with E-state index in [9.17, 15) is 8.42 Å². The van der Waals surface area contributed by atoms with Crippen LogP contribution in [0.5, 0.6) is 0 Å². The summed E-state index contributed by atoms with van der Waals surface area (Å²) in [5.74, 6) is 0.603. The van der Waals surface area contributed by atoms with Crippen LogP contribution in [0.15, 0.2) is 57.9 Å². The Bertz CT molecular complexity index is 1280. The number of ether oxygens (including phenoxy) is 2. The number of aryl methyl sites for hydroxylation is 2. The molecule has 1 aromatic heterocycles. The van der Waals surface area contributed by atoms with Crippen LogP contribution in [-0.2, 0) is 26.0 Å². The van der Waals surface area contributed by atoms with E-state index in [2.05, 4.69) is 10.1 Å². The van der Waals surface area contributed by atoms with Gasteiger partial charge < -0.3 is 18.9 Å². The van der Waals surface area contributed by atoms with Crippen LogP contribution in [0, 0.1) is 13.8 Å². The van der Waals surface area contributed by atoms with Gasteiger partial charge in [0.25, 0.3) is 0 Å². The minimum atomic E-state index is -3.80. The first-order valence-corrected chi connectivity index (χ1v) is 13.9. The lowest BCUT2D eigenvalue weighted by Gasteiger charge is -2.29. The summed E-state index contributed by atoms with van der Waals surface area (Å²) in [7, 11) is -3.80. The van der Waals surface area contributed by atoms with Crippen LogP contribution in [0.1, 0.15) is 29.5 Å². The lowest BCUT2D eigenvalue weighted by atomic mass is 10.0. The summed E-state index contributed by atoms with van der Waals surface area (Å²) in [6.07, 6.45) is 1.63. The molecular formula is C27H33N3O5S. The van der Waals surface area contributed by atoms with Crippen molar-refractivity contribution in [2.45, 2.75) is 44.2 Å². The van der Waals surface area contributed by atoms with Crippen molar-refractivity contribution in [2.75, 3.05) is 44.4 Å². The van der Waals surface area contributed by atoms with Gasteiger partial charge in [0.1, 0.15) is 5.69 Å². The van der Waals surface area contributed by atoms with E-state index in [1.54, 1.807) is 12.1 Å². The molecule has 0 aliphatic carbocycles. The first-order valence-electron chi connectivity index (χ1n) is 12.5. The lowest BCUT2D eigenvalue weighted by molar-refractivity contribution is 0.0925. The van der Waals surface area contributed by atoms with Crippen molar-refractivity contribution in [2.24, 2.45) is 0 Å². The molecule has 1 atom stereocenters. The van der Waals surface area contributed by atoms with Crippen molar-refractivity contribution in [3.05, 3.63) is 65.2 Å². The van der Waals surface area contributed by atoms with Gasteiger partial charge >= 0.3 is 0 Å². The zero-order valence-electron chi connectivity index (χ0n) is 20.9. The summed E-state index contributed by atoms with van der Waals surface area (Å²) in [5, 5.41) is 4.44. The zero-order valence-corrected chi connectivity index (χ0v) is 21.7. The maximum atomic E-state index is 13.9. The van der Waals surface area contributed by atoms with E-state index in [1.165, 1.54) is 4.31 Å². The Morgan fingerprint density at radius 1 is 1.03 bits per heavy atom. The van der Waals surface area contributed by atoms with Crippen LogP contribution in [0.2, 0.25) is 0 Å². The van der Waals surface area contributed by atoms with Gasteiger partial charge in [-0.25, -0.2) is 8.42 Å². The van der Waals surface area contributed by atoms with Gasteiger partial charge in [-0.15, -0.1) is 0 Å². The standard InChI is InChI=1S/C27H33N3O5S/c1-20-8-10-24(11-9-20)36(31,32)30(18-23-7-4-14-34-23)19-25-26(22-6-3-5-21(2)17-22)28-35-27(25)29-12-15-33-16-13-29/h3,5-6,8-11,17,23H,4,7,12-16,18-19H2,1-2H3. The molecule has 2 aromatic carbocycles. The number of hydrogen-bond acceptors (Lipinski definition) is 7. The molecule has 0 spiro atoms. The molecule has 0 N–H and O–H groups in total. The van der Waals surface area contributed by atoms with E-state index in [0.717, 1.165) is 35.1 Å². The molecule has 2 saturated heterocycles. The van der Waals surface area contributed by atoms with Gasteiger partial charge in [0.2, 0.25) is 15.9 Å². The van der Waals surface area contributed by atoms with E-state index in [0.29, 0.717) is 44.5 Å². The molecule has 0 bridgehead atoms. The summed E-state index contributed by atoms with van der Waals surface area (Å²) < 4.78 is 46.7. The number of benzene rings is 2. The van der Waals surface area contributed by atoms with Gasteiger partial charge in [-0.2, -0.15) is 4.31 Å². The summed E-state index contributed by atoms with van der Waals surface area (Å²) in [6.45, 7) is 7.52. The minimum Gasteiger partial charge on any atom is -0.378 e. The number of rotatable bonds is 8. The molecule has 0 radical (unpaired) electrons. The van der Waals surface area contributed by atoms with E-state index in [1.807, 2.05) is 50.2 Å². The van der Waals surface area contributed by atoms with Crippen molar-refractivity contribution >= 4 is 15.9 Å². The second-order valence-electron chi connectivity index (χ2n) is 9.53. The molecule has 0 saturated carbocycles. The van der Waals surface area contributed by atoms with Gasteiger partial charge in [0.05, 0.1) is 29.8 Å². The predicted molar refractivity (Wildman–Crippen MR) is 137 cm³/mol. The number of sulfonamides is 1. The second kappa shape index (κ2) is 10.7. The summed E-state index contributed by atoms with van der Waals surface area (Å²) in [6, 6.07) is 15.0. The largest absolute Gasteiger partial charge is 0.378 e. The Hall–Kier alpha value is -2.72. The third-order valence-electron chi connectivity index (χ3n) is 6.78. The van der Waals surface area contributed by atoms with Gasteiger partial charge in [-0.05, 0) is 44.9 Å². The van der Waals surface area contributed by atoms with Crippen LogP contribution < -0.4 is 4.90 Å². The Kier molecular flexibility index (Phi) is 7.43. The number of nitrogens with zero attached hydrogens (tertiary/aromatic N) is 3. The Balaban J connectivity index is 1.57. The summed E-state index contributed by atoms with van der Waals surface area (Å²) in [5.41, 5.74) is 4.43. The normalized spacial score (nSPS) is 18.8. The Morgan fingerprint density at radius 2 is 1.81 bits per heavy atom. The van der Waals surface area contributed by atoms with Crippen molar-refractivity contribution in [1.82, 2.24) is 9.46 Å². The van der Waals surface area contributed by atoms with Crippen molar-refractivity contribution in [3.63, 3.8) is 0 Å². The fraction of sp³-hybridized carbons (Fsp3) is 0.444. The number of hydrogen-bond donors (Lipinski definition) is 0. The van der Waals surface area contributed by atoms with Gasteiger partial charge in [0, 0.05) is 38.3 Å². The smallest absolute Gasteiger partial charge is 0.243 e. The van der Waals surface area contributed by atoms with Gasteiger partial charge in [-0.3, -0.25) is 0 Å². The Labute approximate surface area is 212 Å². The van der Waals surface area contributed by atoms with Crippen LogP contribution in [-0.4, -0.2) is 63.4 Å². The fourth-order valence-corrected chi connectivity index (χ4v) is 6.22. The molecule has 2 aliphatic rings. The number of morpholine rings is 1. The number of aromatic nitrogens is 1. The van der Waals surface area contributed by atoms with Crippen LogP contribution in [0.25, 0.3) is 11.3 Å². The summed E-state index contributed by atoms with van der Waals surface area (Å²) >= 11 is 0. The average Bonchev–Trinajstić information content (AvgIpc) is 3.55. The topological polar surface area (TPSA) is 85.1 Å². The van der Waals surface area contributed by atoms with Gasteiger partial charge in [0.15, 0.2) is 0 Å². The maximum absolute atomic E-state index is 13.9. The molecule has 2 fully saturated rings. The third kappa shape index (κ3) is 5.34. The highest BCUT2D eigenvalue weighted by Gasteiger charge is 2.33. The molecule has 2 aliphatic heterocycles. The monoisotopic (exact) mass is 511 g/mol. The van der Waals surface area contributed by atoms with Crippen molar-refractivity contribution in [1.29, 1.82) is 0 Å². The molecule has 8 nitrogen and oxygen atoms in total. The van der Waals surface area contributed by atoms with E-state index in [-0.39, 0.29) is 24.1 Å². The SMILES string of the molecule is Cc1ccc(S(=O)(=O)N(Cc2c(-c3cccc(C)c3)noc2N2CCOCC2)CC2CCCO2)cc1. The molecule has 9 heteroatoms. The maximum Gasteiger partial charge on any atom is 0.243 e. The Morgan fingerprint density at radius 3 is 2.50 bits per heavy atom. The molecule has 36 heavy (non-hydrogen) atoms. The molecule has 5 rings (SSSR count). The summed E-state index contributed by atoms with van der Waals surface area (Å²) in [4.78, 5) is 2.36. The molecule has 3 aromatic rings. The van der Waals surface area contributed by atoms with E-state index < -0.39 is 10.0 Å². The molecule has 1 unspecified atom stereocenters. The quantitative estimate of drug-likeness (QED) is 0.449. The fourth-order valence-electron chi connectivity index (χ4n) is 4.78. The third-order valence-corrected chi connectivity index (χ3v) is 8.61. The van der Waals surface area contributed by atoms with E-state index >= 15 is 0 Å². The van der Waals surface area contributed by atoms with Crippen LogP contribution in [0.4, 0.5) is 5.88 Å². The molecule has 192 valence electrons. The van der Waals surface area contributed by atoms with Crippen molar-refractivity contribution < 1.29 is 22.4 Å². The van der Waals surface area contributed by atoms with Gasteiger partial charge in [-0.1, -0.05) is 46.6 Å². The van der Waals surface area contributed by atoms with Crippen molar-refractivity contribution in [3.8, 4) is 11.3 Å².